The van der Waals surface area contributed by atoms with E-state index in [9.17, 15) is 35.9 Å². The molecule has 11 nitrogen and oxygen atoms in total. The second-order valence-electron chi connectivity index (χ2n) is 8.15. The topological polar surface area (TPSA) is 168 Å². The number of nitrogens with two attached hydrogens (primary N) is 2. The van der Waals surface area contributed by atoms with E-state index in [1.807, 2.05) is 0 Å². The van der Waals surface area contributed by atoms with Crippen molar-refractivity contribution in [3.8, 4) is 17.1 Å². The van der Waals surface area contributed by atoms with Crippen LogP contribution in [0.2, 0.25) is 0 Å². The molecule has 1 aromatic carbocycles. The molecular formula is C23H22F6N8O3. The Balaban J connectivity index is 0.000000307. The first kappa shape index (κ1) is 29.9. The van der Waals surface area contributed by atoms with Gasteiger partial charge in [0.25, 0.3) is 11.1 Å². The molecule has 40 heavy (non-hydrogen) atoms. The number of hydrogen-bond donors (Lipinski definition) is 3. The Labute approximate surface area is 220 Å². The van der Waals surface area contributed by atoms with Crippen LogP contribution in [-0.4, -0.2) is 36.3 Å². The predicted molar refractivity (Wildman–Crippen MR) is 132 cm³/mol. The summed E-state index contributed by atoms with van der Waals surface area (Å²) in [6, 6.07) is 2.39. The summed E-state index contributed by atoms with van der Waals surface area (Å²) in [7, 11) is 0. The average molecular weight is 572 g/mol. The number of aromatic amines is 1. The van der Waals surface area contributed by atoms with Crippen molar-refractivity contribution < 1.29 is 31.1 Å². The number of anilines is 2. The van der Waals surface area contributed by atoms with Crippen LogP contribution in [0.1, 0.15) is 31.7 Å². The number of H-pyrrole nitrogens is 1. The van der Waals surface area contributed by atoms with Gasteiger partial charge in [-0.2, -0.15) is 27.1 Å². The smallest absolute Gasteiger partial charge is 0.423 e. The van der Waals surface area contributed by atoms with Gasteiger partial charge in [-0.25, -0.2) is 24.4 Å². The number of aryl methyl sites for hydroxylation is 1. The molecular weight excluding hydrogens is 550 g/mol. The number of ether oxygens (including phenoxy) is 1. The van der Waals surface area contributed by atoms with Crippen LogP contribution in [0.25, 0.3) is 22.3 Å². The molecule has 17 heteroatoms. The summed E-state index contributed by atoms with van der Waals surface area (Å²) < 4.78 is 80.8. The van der Waals surface area contributed by atoms with Crippen LogP contribution in [0.3, 0.4) is 0 Å². The molecule has 3 aromatic heterocycles. The van der Waals surface area contributed by atoms with Crippen molar-refractivity contribution >= 4 is 22.4 Å². The maximum atomic E-state index is 14.6. The molecule has 0 aliphatic rings. The number of nitrogen functional groups attached to an aromatic ring is 2. The van der Waals surface area contributed by atoms with Crippen LogP contribution in [0.4, 0.5) is 37.8 Å². The normalized spacial score (nSPS) is 11.4. The summed E-state index contributed by atoms with van der Waals surface area (Å²) in [5, 5.41) is 4.87. The Kier molecular flexibility index (Phi) is 9.28. The molecule has 0 saturated carbocycles. The van der Waals surface area contributed by atoms with Gasteiger partial charge < -0.3 is 16.2 Å². The van der Waals surface area contributed by atoms with Gasteiger partial charge in [-0.15, -0.1) is 0 Å². The number of hydrogen-bond acceptors (Lipinski definition) is 9. The molecule has 0 saturated heterocycles. The maximum Gasteiger partial charge on any atom is 0.423 e. The molecule has 0 aliphatic heterocycles. The lowest BCUT2D eigenvalue weighted by Gasteiger charge is -2.10. The molecule has 0 atom stereocenters. The molecule has 3 heterocycles. The minimum atomic E-state index is -4.74. The highest BCUT2D eigenvalue weighted by Crippen LogP contribution is 2.30. The fourth-order valence-corrected chi connectivity index (χ4v) is 3.45. The van der Waals surface area contributed by atoms with Crippen molar-refractivity contribution in [2.45, 2.75) is 45.5 Å². The standard InChI is InChI=1S/C18H18F3N5O2.C5H4F3N3O/c1-2-3-4-5-26-9-24-13-7-10(12(19)6-11(13)17(26)27)16-23-8-14(15(22)25-16)28-18(20)21;6-5(7,8)3-2(9)1-10-11-4(3)12/h6-9,18H,2-5H2,1H3,(H2,22,23,25);1H,(H3,9,11,12). The Morgan fingerprint density at radius 2 is 1.82 bits per heavy atom. The Bertz CT molecular complexity index is 1610. The van der Waals surface area contributed by atoms with Gasteiger partial charge in [-0.05, 0) is 18.6 Å². The number of unbranched alkanes of at least 4 members (excludes halogenated alkanes) is 2. The van der Waals surface area contributed by atoms with E-state index in [0.717, 1.165) is 37.7 Å². The van der Waals surface area contributed by atoms with E-state index in [1.165, 1.54) is 17.0 Å². The van der Waals surface area contributed by atoms with Crippen molar-refractivity contribution in [1.82, 2.24) is 29.7 Å². The fraction of sp³-hybridized carbons (Fsp3) is 0.304. The number of rotatable bonds is 7. The quantitative estimate of drug-likeness (QED) is 0.221. The van der Waals surface area contributed by atoms with Gasteiger partial charge in [0.1, 0.15) is 11.4 Å². The summed E-state index contributed by atoms with van der Waals surface area (Å²) in [6.07, 6.45) is 1.17. The molecule has 0 bridgehead atoms. The zero-order valence-corrected chi connectivity index (χ0v) is 20.7. The predicted octanol–water partition coefficient (Wildman–Crippen LogP) is 3.74. The van der Waals surface area contributed by atoms with Gasteiger partial charge in [-0.3, -0.25) is 14.2 Å². The summed E-state index contributed by atoms with van der Waals surface area (Å²) in [4.78, 5) is 35.0. The summed E-state index contributed by atoms with van der Waals surface area (Å²) >= 11 is 0. The maximum absolute atomic E-state index is 14.6. The van der Waals surface area contributed by atoms with Crippen LogP contribution >= 0.6 is 0 Å². The second-order valence-corrected chi connectivity index (χ2v) is 8.15. The number of benzene rings is 1. The zero-order valence-electron chi connectivity index (χ0n) is 20.7. The van der Waals surface area contributed by atoms with Crippen LogP contribution in [0.5, 0.6) is 5.75 Å². The first-order valence-corrected chi connectivity index (χ1v) is 11.5. The van der Waals surface area contributed by atoms with Crippen LogP contribution in [0, 0.1) is 5.82 Å². The summed E-state index contributed by atoms with van der Waals surface area (Å²) in [5.74, 6) is -1.65. The van der Waals surface area contributed by atoms with Gasteiger partial charge in [0, 0.05) is 6.54 Å². The fourth-order valence-electron chi connectivity index (χ4n) is 3.45. The van der Waals surface area contributed by atoms with Crippen LogP contribution in [-0.2, 0) is 12.7 Å². The minimum absolute atomic E-state index is 0.0570. The lowest BCUT2D eigenvalue weighted by atomic mass is 10.1. The van der Waals surface area contributed by atoms with E-state index in [2.05, 4.69) is 31.7 Å². The molecule has 0 amide bonds. The van der Waals surface area contributed by atoms with E-state index in [0.29, 0.717) is 6.54 Å². The van der Waals surface area contributed by atoms with Crippen LogP contribution in [0.15, 0.2) is 40.4 Å². The van der Waals surface area contributed by atoms with E-state index in [4.69, 9.17) is 11.5 Å². The van der Waals surface area contributed by atoms with Gasteiger partial charge in [0.15, 0.2) is 17.4 Å². The molecule has 0 spiro atoms. The van der Waals surface area contributed by atoms with Crippen molar-refractivity contribution in [2.24, 2.45) is 0 Å². The lowest BCUT2D eigenvalue weighted by Crippen LogP contribution is -2.24. The highest BCUT2D eigenvalue weighted by molar-refractivity contribution is 5.82. The molecule has 4 rings (SSSR count). The van der Waals surface area contributed by atoms with Crippen LogP contribution < -0.4 is 27.3 Å². The molecule has 4 aromatic rings. The molecule has 0 radical (unpaired) electrons. The lowest BCUT2D eigenvalue weighted by molar-refractivity contribution is -0.138. The Morgan fingerprint density at radius 1 is 1.10 bits per heavy atom. The largest absolute Gasteiger partial charge is 0.429 e. The first-order chi connectivity index (χ1) is 18.8. The number of nitrogens with one attached hydrogen (secondary N) is 1. The minimum Gasteiger partial charge on any atom is -0.429 e. The van der Waals surface area contributed by atoms with Crippen molar-refractivity contribution in [3.63, 3.8) is 0 Å². The van der Waals surface area contributed by atoms with Gasteiger partial charge >= 0.3 is 12.8 Å². The first-order valence-electron chi connectivity index (χ1n) is 11.5. The third-order valence-electron chi connectivity index (χ3n) is 5.32. The number of alkyl halides is 5. The van der Waals surface area contributed by atoms with Gasteiger partial charge in [-0.1, -0.05) is 19.8 Å². The average Bonchev–Trinajstić information content (AvgIpc) is 2.86. The van der Waals surface area contributed by atoms with E-state index in [1.54, 1.807) is 5.10 Å². The van der Waals surface area contributed by atoms with Crippen molar-refractivity contribution in [1.29, 1.82) is 0 Å². The SMILES string of the molecule is CCCCCn1cnc2cc(-c3ncc(OC(F)F)c(N)n3)c(F)cc2c1=O.Nc1cn[nH]c(=O)c1C(F)(F)F. The Morgan fingerprint density at radius 3 is 2.40 bits per heavy atom. The highest BCUT2D eigenvalue weighted by Gasteiger charge is 2.36. The Hall–Kier alpha value is -4.70. The number of fused-ring (bicyclic) bond motifs is 1. The molecule has 5 N–H and O–H groups in total. The van der Waals surface area contributed by atoms with Crippen molar-refractivity contribution in [2.75, 3.05) is 11.5 Å². The van der Waals surface area contributed by atoms with E-state index < -0.39 is 41.2 Å². The number of nitrogens with zero attached hydrogens (tertiary/aromatic N) is 5. The second kappa shape index (κ2) is 12.4. The van der Waals surface area contributed by atoms with Crippen molar-refractivity contribution in [3.05, 3.63) is 62.9 Å². The van der Waals surface area contributed by atoms with E-state index in [-0.39, 0.29) is 33.7 Å². The molecule has 0 unspecified atom stereocenters. The van der Waals surface area contributed by atoms with Gasteiger partial charge in [0.2, 0.25) is 0 Å². The molecule has 214 valence electrons. The summed E-state index contributed by atoms with van der Waals surface area (Å²) in [5.41, 5.74) is 6.93. The third-order valence-corrected chi connectivity index (χ3v) is 5.32. The molecule has 0 fully saturated rings. The number of aromatic nitrogens is 6. The number of halogens is 6. The summed E-state index contributed by atoms with van der Waals surface area (Å²) in [6.45, 7) is -0.526. The third kappa shape index (κ3) is 7.03. The van der Waals surface area contributed by atoms with E-state index >= 15 is 0 Å². The van der Waals surface area contributed by atoms with Gasteiger partial charge in [0.05, 0.1) is 40.9 Å². The highest BCUT2D eigenvalue weighted by atomic mass is 19.4. The monoisotopic (exact) mass is 572 g/mol. The molecule has 0 aliphatic carbocycles. The zero-order chi connectivity index (χ0) is 29.6.